The fourth-order valence-corrected chi connectivity index (χ4v) is 2.08. The second-order valence-corrected chi connectivity index (χ2v) is 4.70. The zero-order chi connectivity index (χ0) is 14.9. The lowest BCUT2D eigenvalue weighted by Gasteiger charge is -2.14. The van der Waals surface area contributed by atoms with Gasteiger partial charge in [0, 0.05) is 5.69 Å². The maximum atomic E-state index is 12.9. The Morgan fingerprint density at radius 3 is 2.65 bits per heavy atom. The molecule has 0 saturated heterocycles. The number of amides is 1. The molecule has 0 atom stereocenters. The summed E-state index contributed by atoms with van der Waals surface area (Å²) in [5.74, 6) is -0.687. The van der Waals surface area contributed by atoms with Crippen molar-refractivity contribution >= 4 is 28.8 Å². The van der Waals surface area contributed by atoms with Crippen molar-refractivity contribution in [1.82, 2.24) is 9.59 Å². The number of aromatic nitrogens is 2. The molecule has 5 nitrogen and oxygen atoms in total. The van der Waals surface area contributed by atoms with E-state index in [-0.39, 0.29) is 16.3 Å². The van der Waals surface area contributed by atoms with Gasteiger partial charge in [-0.05, 0) is 36.7 Å². The third-order valence-corrected chi connectivity index (χ3v) is 3.28. The molecular formula is C11H9F3N4OS. The van der Waals surface area contributed by atoms with Gasteiger partial charge in [0.25, 0.3) is 5.91 Å². The van der Waals surface area contributed by atoms with Gasteiger partial charge in [-0.2, -0.15) is 13.2 Å². The van der Waals surface area contributed by atoms with E-state index < -0.39 is 17.6 Å². The van der Waals surface area contributed by atoms with Crippen LogP contribution in [0.25, 0.3) is 0 Å². The van der Waals surface area contributed by atoms with E-state index in [1.54, 1.807) is 6.92 Å². The minimum Gasteiger partial charge on any atom is -0.399 e. The van der Waals surface area contributed by atoms with Gasteiger partial charge in [-0.25, -0.2) is 0 Å². The van der Waals surface area contributed by atoms with Crippen LogP contribution in [-0.4, -0.2) is 15.5 Å². The van der Waals surface area contributed by atoms with Crippen LogP contribution in [0.4, 0.5) is 24.5 Å². The molecule has 0 spiro atoms. The molecule has 0 bridgehead atoms. The molecule has 0 unspecified atom stereocenters. The van der Waals surface area contributed by atoms with E-state index in [4.69, 9.17) is 5.73 Å². The lowest BCUT2D eigenvalue weighted by Crippen LogP contribution is -2.16. The van der Waals surface area contributed by atoms with Gasteiger partial charge >= 0.3 is 6.18 Å². The first kappa shape index (κ1) is 14.3. The molecule has 0 saturated carbocycles. The Labute approximate surface area is 115 Å². The van der Waals surface area contributed by atoms with E-state index in [1.165, 1.54) is 6.07 Å². The number of nitrogens with two attached hydrogens (primary N) is 1. The number of halogens is 3. The molecule has 2 aromatic rings. The summed E-state index contributed by atoms with van der Waals surface area (Å²) in [4.78, 5) is 12.0. The number of benzene rings is 1. The lowest BCUT2D eigenvalue weighted by atomic mass is 10.1. The SMILES string of the molecule is Cc1nnsc1C(=O)Nc1ccc(N)cc1C(F)(F)F. The van der Waals surface area contributed by atoms with E-state index in [2.05, 4.69) is 14.9 Å². The number of aryl methyl sites for hydroxylation is 1. The highest BCUT2D eigenvalue weighted by atomic mass is 32.1. The van der Waals surface area contributed by atoms with Crippen LogP contribution in [0.2, 0.25) is 0 Å². The Hall–Kier alpha value is -2.16. The summed E-state index contributed by atoms with van der Waals surface area (Å²) >= 11 is 0.814. The molecule has 0 aliphatic heterocycles. The molecule has 1 amide bonds. The van der Waals surface area contributed by atoms with Gasteiger partial charge in [-0.1, -0.05) is 4.49 Å². The zero-order valence-electron chi connectivity index (χ0n) is 10.2. The van der Waals surface area contributed by atoms with Crippen LogP contribution in [0.1, 0.15) is 20.9 Å². The molecule has 1 heterocycles. The molecule has 1 aromatic heterocycles. The Bertz CT molecular complexity index is 653. The summed E-state index contributed by atoms with van der Waals surface area (Å²) in [5, 5.41) is 5.83. The smallest absolute Gasteiger partial charge is 0.399 e. The normalized spacial score (nSPS) is 11.4. The van der Waals surface area contributed by atoms with Crippen molar-refractivity contribution in [1.29, 1.82) is 0 Å². The van der Waals surface area contributed by atoms with E-state index in [9.17, 15) is 18.0 Å². The van der Waals surface area contributed by atoms with Crippen molar-refractivity contribution in [2.45, 2.75) is 13.1 Å². The van der Waals surface area contributed by atoms with Gasteiger partial charge in [-0.15, -0.1) is 5.10 Å². The first-order valence-electron chi connectivity index (χ1n) is 5.36. The first-order valence-corrected chi connectivity index (χ1v) is 6.13. The number of alkyl halides is 3. The average molecular weight is 302 g/mol. The minimum absolute atomic E-state index is 0.0361. The summed E-state index contributed by atoms with van der Waals surface area (Å²) in [6.07, 6.45) is -4.61. The number of carbonyl (C=O) groups is 1. The van der Waals surface area contributed by atoms with E-state index >= 15 is 0 Å². The third kappa shape index (κ3) is 2.87. The molecule has 0 fully saturated rings. The molecule has 3 N–H and O–H groups in total. The number of nitrogens with one attached hydrogen (secondary N) is 1. The molecule has 20 heavy (non-hydrogen) atoms. The van der Waals surface area contributed by atoms with Crippen LogP contribution in [0.3, 0.4) is 0 Å². The maximum absolute atomic E-state index is 12.9. The number of hydrogen-bond donors (Lipinski definition) is 2. The molecule has 0 aliphatic carbocycles. The van der Waals surface area contributed by atoms with Crippen molar-refractivity contribution in [3.63, 3.8) is 0 Å². The van der Waals surface area contributed by atoms with Crippen LogP contribution >= 0.6 is 11.5 Å². The van der Waals surface area contributed by atoms with Crippen LogP contribution in [-0.2, 0) is 6.18 Å². The van der Waals surface area contributed by atoms with Gasteiger partial charge in [0.1, 0.15) is 4.88 Å². The van der Waals surface area contributed by atoms with Crippen molar-refractivity contribution < 1.29 is 18.0 Å². The first-order chi connectivity index (χ1) is 9.29. The number of nitrogens with zero attached hydrogens (tertiary/aromatic N) is 2. The second-order valence-electron chi connectivity index (χ2n) is 3.94. The van der Waals surface area contributed by atoms with Crippen LogP contribution in [0, 0.1) is 6.92 Å². The molecule has 2 rings (SSSR count). The summed E-state index contributed by atoms with van der Waals surface area (Å²) in [6.45, 7) is 1.55. The van der Waals surface area contributed by atoms with E-state index in [0.29, 0.717) is 5.69 Å². The topological polar surface area (TPSA) is 80.9 Å². The van der Waals surface area contributed by atoms with Gasteiger partial charge in [0.15, 0.2) is 0 Å². The number of hydrogen-bond acceptors (Lipinski definition) is 5. The Morgan fingerprint density at radius 1 is 1.40 bits per heavy atom. The quantitative estimate of drug-likeness (QED) is 0.836. The zero-order valence-corrected chi connectivity index (χ0v) is 11.0. The summed E-state index contributed by atoms with van der Waals surface area (Å²) in [5.41, 5.74) is 4.31. The molecule has 9 heteroatoms. The largest absolute Gasteiger partial charge is 0.418 e. The van der Waals surface area contributed by atoms with Crippen molar-refractivity contribution in [3.05, 3.63) is 34.3 Å². The fraction of sp³-hybridized carbons (Fsp3) is 0.182. The number of carbonyl (C=O) groups excluding carboxylic acids is 1. The summed E-state index contributed by atoms with van der Waals surface area (Å²) in [7, 11) is 0. The minimum atomic E-state index is -4.61. The molecule has 0 aliphatic rings. The lowest BCUT2D eigenvalue weighted by molar-refractivity contribution is -0.136. The standard InChI is InChI=1S/C11H9F3N4OS/c1-5-9(20-18-17-5)10(19)16-8-3-2-6(15)4-7(8)11(12,13)14/h2-4H,15H2,1H3,(H,16,19). The molecular weight excluding hydrogens is 293 g/mol. The van der Waals surface area contributed by atoms with Crippen LogP contribution in [0.15, 0.2) is 18.2 Å². The van der Waals surface area contributed by atoms with Gasteiger partial charge in [0.2, 0.25) is 0 Å². The Morgan fingerprint density at radius 2 is 2.10 bits per heavy atom. The number of rotatable bonds is 2. The summed E-state index contributed by atoms with van der Waals surface area (Å²) < 4.78 is 42.2. The van der Waals surface area contributed by atoms with Gasteiger partial charge in [0.05, 0.1) is 16.9 Å². The highest BCUT2D eigenvalue weighted by Gasteiger charge is 2.34. The van der Waals surface area contributed by atoms with Crippen molar-refractivity contribution in [3.8, 4) is 0 Å². The molecule has 1 aromatic carbocycles. The number of anilines is 2. The Kier molecular flexibility index (Phi) is 3.62. The van der Waals surface area contributed by atoms with Gasteiger partial charge in [-0.3, -0.25) is 4.79 Å². The number of nitrogen functional groups attached to an aromatic ring is 1. The molecule has 106 valence electrons. The maximum Gasteiger partial charge on any atom is 0.418 e. The Balaban J connectivity index is 2.35. The van der Waals surface area contributed by atoms with E-state index in [0.717, 1.165) is 23.7 Å². The predicted octanol–water partition coefficient (Wildman–Crippen LogP) is 2.70. The highest BCUT2D eigenvalue weighted by molar-refractivity contribution is 7.08. The summed E-state index contributed by atoms with van der Waals surface area (Å²) in [6, 6.07) is 3.16. The highest BCUT2D eigenvalue weighted by Crippen LogP contribution is 2.36. The fourth-order valence-electron chi connectivity index (χ4n) is 1.52. The van der Waals surface area contributed by atoms with Crippen LogP contribution < -0.4 is 11.1 Å². The average Bonchev–Trinajstić information content (AvgIpc) is 2.76. The second kappa shape index (κ2) is 5.08. The molecule has 0 radical (unpaired) electrons. The van der Waals surface area contributed by atoms with E-state index in [1.807, 2.05) is 0 Å². The van der Waals surface area contributed by atoms with Crippen molar-refractivity contribution in [2.24, 2.45) is 0 Å². The van der Waals surface area contributed by atoms with Crippen LogP contribution in [0.5, 0.6) is 0 Å². The van der Waals surface area contributed by atoms with Crippen molar-refractivity contribution in [2.75, 3.05) is 11.1 Å². The third-order valence-electron chi connectivity index (χ3n) is 2.45. The predicted molar refractivity (Wildman–Crippen MR) is 68.5 cm³/mol. The monoisotopic (exact) mass is 302 g/mol. The van der Waals surface area contributed by atoms with Gasteiger partial charge < -0.3 is 11.1 Å².